The maximum absolute atomic E-state index is 10.00. The van der Waals surface area contributed by atoms with Gasteiger partial charge in [-0.15, -0.1) is 0 Å². The van der Waals surface area contributed by atoms with Gasteiger partial charge in [-0.3, -0.25) is 0 Å². The molecule has 0 saturated heterocycles. The van der Waals surface area contributed by atoms with Crippen molar-refractivity contribution < 1.29 is 26.6 Å². The number of aliphatic hydroxyl groups is 4. The molecule has 0 aromatic carbocycles. The van der Waals surface area contributed by atoms with Crippen LogP contribution in [0.1, 0.15) is 0 Å². The zero-order valence-corrected chi connectivity index (χ0v) is 6.29. The lowest BCUT2D eigenvalue weighted by molar-refractivity contribution is -0.127. The first-order valence-electron chi connectivity index (χ1n) is 3.86. The van der Waals surface area contributed by atoms with Gasteiger partial charge in [0.1, 0.15) is 19.7 Å². The average Bonchev–Trinajstić information content (AvgIpc) is 2.17. The quantitative estimate of drug-likeness (QED) is 0.271. The number of carbonyl (C=O) groups excluding carboxylic acids is 1. The van der Waals surface area contributed by atoms with Crippen molar-refractivity contribution in [3.63, 3.8) is 0 Å². The number of hydrogen-bond acceptors (Lipinski definition) is 6. The number of aldehydes is 1. The van der Waals surface area contributed by atoms with E-state index in [1.807, 2.05) is 0 Å². The summed E-state index contributed by atoms with van der Waals surface area (Å²) in [5, 5.41) is 35.6. The molecule has 0 rings (SSSR count). The smallest absolute Gasteiger partial charge is 0.151 e. The summed E-state index contributed by atoms with van der Waals surface area (Å²) in [6.45, 7) is -0.590. The Hall–Kier alpha value is -0.530. The van der Waals surface area contributed by atoms with E-state index >= 15 is 0 Å². The van der Waals surface area contributed by atoms with Crippen LogP contribution in [0.15, 0.2) is 0 Å². The minimum absolute atomic E-state index is 0.0618. The first kappa shape index (κ1) is 9.56. The third-order valence-electron chi connectivity index (χ3n) is 1.45. The van der Waals surface area contributed by atoms with Crippen molar-refractivity contribution in [3.05, 3.63) is 0 Å². The van der Waals surface area contributed by atoms with E-state index in [2.05, 4.69) is 0 Å². The number of nitrogens with two attached hydrogens (primary N) is 1. The molecule has 0 aliphatic carbocycles. The van der Waals surface area contributed by atoms with Gasteiger partial charge in [-0.05, 0) is 0 Å². The van der Waals surface area contributed by atoms with Crippen molar-refractivity contribution in [1.29, 1.82) is 0 Å². The van der Waals surface area contributed by atoms with Crippen LogP contribution in [0, 0.1) is 0 Å². The summed E-state index contributed by atoms with van der Waals surface area (Å²) in [7, 11) is 0. The second-order valence-corrected chi connectivity index (χ2v) is 2.40. The molecule has 0 fully saturated rings. The highest BCUT2D eigenvalue weighted by Crippen LogP contribution is 2.01. The Morgan fingerprint density at radius 3 is 2.33 bits per heavy atom. The Morgan fingerprint density at radius 2 is 2.00 bits per heavy atom. The van der Waals surface area contributed by atoms with Crippen molar-refractivity contribution >= 4 is 6.29 Å². The number of carbonyl (C=O) groups is 1. The zero-order chi connectivity index (χ0) is 10.4. The van der Waals surface area contributed by atoms with Crippen LogP contribution in [0.5, 0.6) is 0 Å². The average molecular weight is 180 g/mol. The van der Waals surface area contributed by atoms with Crippen LogP contribution in [-0.4, -0.2) is 57.7 Å². The number of aliphatic hydroxyl groups excluding tert-OH is 4. The predicted molar refractivity (Wildman–Crippen MR) is 39.1 cm³/mol. The summed E-state index contributed by atoms with van der Waals surface area (Å²) < 4.78 is 6.63. The fourth-order valence-corrected chi connectivity index (χ4v) is 0.629. The molecule has 72 valence electrons. The molecule has 0 aromatic heterocycles. The molecule has 0 unspecified atom stereocenters. The molecule has 0 aromatic rings. The van der Waals surface area contributed by atoms with E-state index < -0.39 is 31.0 Å². The normalized spacial score (nSPS) is 22.2. The van der Waals surface area contributed by atoms with Gasteiger partial charge in [0.15, 0.2) is 6.29 Å². The Kier molecular flexibility index (Phi) is 4.12. The van der Waals surface area contributed by atoms with Crippen LogP contribution in [0.25, 0.3) is 0 Å². The summed E-state index contributed by atoms with van der Waals surface area (Å²) in [4.78, 5) is 10.00. The lowest BCUT2D eigenvalue weighted by Gasteiger charge is -2.23. The molecule has 12 heavy (non-hydrogen) atoms. The molecule has 0 aliphatic heterocycles. The maximum atomic E-state index is 10.00. The molecular weight excluding hydrogens is 166 g/mol. The first-order valence-corrected chi connectivity index (χ1v) is 3.36. The predicted octanol–water partition coefficient (Wildman–Crippen LogP) is -3.41. The van der Waals surface area contributed by atoms with Crippen LogP contribution >= 0.6 is 0 Å². The Balaban J connectivity index is 4.20. The van der Waals surface area contributed by atoms with Crippen LogP contribution in [-0.2, 0) is 4.79 Å². The van der Waals surface area contributed by atoms with Gasteiger partial charge in [-0.25, -0.2) is 0 Å². The van der Waals surface area contributed by atoms with E-state index in [1.165, 1.54) is 0 Å². The van der Waals surface area contributed by atoms with Crippen LogP contribution in [0.3, 0.4) is 0 Å². The third-order valence-corrected chi connectivity index (χ3v) is 1.45. The second-order valence-electron chi connectivity index (χ2n) is 2.40. The third kappa shape index (κ3) is 2.84. The number of hydrogen-bond donors (Lipinski definition) is 5. The molecule has 0 bridgehead atoms. The van der Waals surface area contributed by atoms with Gasteiger partial charge in [0.25, 0.3) is 0 Å². The van der Waals surface area contributed by atoms with Crippen molar-refractivity contribution in [2.24, 2.45) is 5.73 Å². The van der Waals surface area contributed by atoms with Crippen molar-refractivity contribution in [3.8, 4) is 0 Å². The largest absolute Gasteiger partial charge is 0.395 e. The molecule has 0 aliphatic rings. The summed E-state index contributed by atoms with van der Waals surface area (Å²) >= 11 is 0. The standard InChI is InChI=1S/C6H13NO5/c7-3(1-8)5(11)6(12)4(10)2-9/h2-6,8,10-12H,1,7H2/t3-,4+,5-,6-/m1/s1/i/hD. The maximum Gasteiger partial charge on any atom is 0.151 e. The van der Waals surface area contributed by atoms with Gasteiger partial charge >= 0.3 is 0 Å². The Labute approximate surface area is 70.7 Å². The fourth-order valence-electron chi connectivity index (χ4n) is 0.629. The fraction of sp³-hybridized carbons (Fsp3) is 0.833. The molecule has 6 nitrogen and oxygen atoms in total. The molecule has 0 radical (unpaired) electrons. The minimum Gasteiger partial charge on any atom is -0.395 e. The van der Waals surface area contributed by atoms with Gasteiger partial charge < -0.3 is 30.9 Å². The first-order chi connectivity index (χ1) is 6.08. The topological polar surface area (TPSA) is 124 Å². The molecule has 0 amide bonds. The van der Waals surface area contributed by atoms with Crippen molar-refractivity contribution in [2.45, 2.75) is 24.4 Å². The minimum atomic E-state index is -1.72. The van der Waals surface area contributed by atoms with Crippen molar-refractivity contribution in [2.75, 3.05) is 6.61 Å². The van der Waals surface area contributed by atoms with Crippen molar-refractivity contribution in [1.82, 2.24) is 0 Å². The molecular formula is C6H13NO5. The number of rotatable bonds is 6. The van der Waals surface area contributed by atoms with E-state index in [0.29, 0.717) is 0 Å². The highest BCUT2D eigenvalue weighted by molar-refractivity contribution is 5.56. The Morgan fingerprint density at radius 1 is 1.42 bits per heavy atom. The summed E-state index contributed by atoms with van der Waals surface area (Å²) in [6.07, 6.45) is -4.96. The van der Waals surface area contributed by atoms with E-state index in [4.69, 9.17) is 21.8 Å². The lowest BCUT2D eigenvalue weighted by atomic mass is 10.0. The van der Waals surface area contributed by atoms with Gasteiger partial charge in [0.05, 0.1) is 12.6 Å². The molecule has 0 spiro atoms. The van der Waals surface area contributed by atoms with E-state index in [-0.39, 0.29) is 6.29 Å². The highest BCUT2D eigenvalue weighted by Gasteiger charge is 2.28. The molecule has 0 saturated carbocycles. The van der Waals surface area contributed by atoms with E-state index in [0.717, 1.165) is 0 Å². The molecule has 6 heteroatoms. The summed E-state index contributed by atoms with van der Waals surface area (Å²) in [5.74, 6) is 0. The summed E-state index contributed by atoms with van der Waals surface area (Å²) in [6, 6.07) is -1.11. The van der Waals surface area contributed by atoms with Gasteiger partial charge in [0.2, 0.25) is 0 Å². The van der Waals surface area contributed by atoms with E-state index in [9.17, 15) is 4.79 Å². The van der Waals surface area contributed by atoms with Gasteiger partial charge in [-0.1, -0.05) is 0 Å². The monoisotopic (exact) mass is 180 g/mol. The van der Waals surface area contributed by atoms with Crippen LogP contribution in [0.2, 0.25) is 1.41 Å². The van der Waals surface area contributed by atoms with Gasteiger partial charge in [-0.2, -0.15) is 0 Å². The molecule has 6 N–H and O–H groups in total. The highest BCUT2D eigenvalue weighted by atomic mass is 16.4. The van der Waals surface area contributed by atoms with Gasteiger partial charge in [0, 0.05) is 0 Å². The molecule has 4 atom stereocenters. The Bertz CT molecular complexity index is 154. The summed E-state index contributed by atoms with van der Waals surface area (Å²) in [5.41, 5.74) is 1.77. The molecule has 0 heterocycles. The van der Waals surface area contributed by atoms with E-state index in [1.54, 1.807) is 5.73 Å². The lowest BCUT2D eigenvalue weighted by Crippen LogP contribution is -2.50. The SMILES string of the molecule is [2H]N[C@H](CO)[C@@H](O)[C@H](O)[C@@H](O)C=O. The van der Waals surface area contributed by atoms with Crippen LogP contribution < -0.4 is 5.73 Å². The second kappa shape index (κ2) is 5.18. The zero-order valence-electron chi connectivity index (χ0n) is 7.29. The van der Waals surface area contributed by atoms with Crippen LogP contribution in [0.4, 0.5) is 0 Å².